The van der Waals surface area contributed by atoms with Crippen LogP contribution in [0.25, 0.3) is 16.6 Å². The van der Waals surface area contributed by atoms with Gasteiger partial charge in [-0.05, 0) is 78.1 Å². The van der Waals surface area contributed by atoms with Crippen molar-refractivity contribution in [2.24, 2.45) is 5.92 Å². The van der Waals surface area contributed by atoms with E-state index in [4.69, 9.17) is 5.10 Å². The van der Waals surface area contributed by atoms with Gasteiger partial charge in [0.05, 0.1) is 22.5 Å². The zero-order valence-corrected chi connectivity index (χ0v) is 22.1. The third kappa shape index (κ3) is 4.17. The highest BCUT2D eigenvalue weighted by molar-refractivity contribution is 5.92. The Kier molecular flexibility index (Phi) is 6.20. The summed E-state index contributed by atoms with van der Waals surface area (Å²) in [5, 5.41) is 15.4. The van der Waals surface area contributed by atoms with E-state index in [-0.39, 0.29) is 0 Å². The monoisotopic (exact) mass is 485 g/mol. The molecule has 36 heavy (non-hydrogen) atoms. The third-order valence-corrected chi connectivity index (χ3v) is 8.81. The van der Waals surface area contributed by atoms with Gasteiger partial charge in [-0.1, -0.05) is 24.3 Å². The molecule has 6 rings (SSSR count). The van der Waals surface area contributed by atoms with E-state index in [1.54, 1.807) is 0 Å². The van der Waals surface area contributed by atoms with Crippen LogP contribution in [-0.2, 0) is 0 Å². The largest absolute Gasteiger partial charge is 0.375 e. The molecule has 0 unspecified atom stereocenters. The van der Waals surface area contributed by atoms with Gasteiger partial charge in [0.2, 0.25) is 0 Å². The van der Waals surface area contributed by atoms with Crippen molar-refractivity contribution < 1.29 is 0 Å². The number of rotatable bonds is 5. The molecular weight excluding hydrogens is 446 g/mol. The molecule has 3 aliphatic heterocycles. The number of hydrogen-bond acceptors (Lipinski definition) is 6. The number of aromatic nitrogens is 4. The minimum Gasteiger partial charge on any atom is -0.375 e. The molecule has 3 aromatic rings. The maximum Gasteiger partial charge on any atom is 0.179 e. The van der Waals surface area contributed by atoms with E-state index in [0.717, 1.165) is 65.8 Å². The maximum absolute atomic E-state index is 5.05. The van der Waals surface area contributed by atoms with Crippen molar-refractivity contribution in [1.29, 1.82) is 0 Å². The summed E-state index contributed by atoms with van der Waals surface area (Å²) in [6, 6.07) is 9.34. The van der Waals surface area contributed by atoms with Crippen LogP contribution in [0.3, 0.4) is 0 Å². The molecule has 3 saturated heterocycles. The number of likely N-dealkylation sites (tertiary alicyclic amines) is 2. The summed E-state index contributed by atoms with van der Waals surface area (Å²) >= 11 is 0. The zero-order chi connectivity index (χ0) is 24.8. The van der Waals surface area contributed by atoms with E-state index in [1.165, 1.54) is 56.7 Å². The molecule has 0 N–H and O–H groups in total. The number of allylic oxidation sites excluding steroid dienone is 1. The predicted octanol–water partition coefficient (Wildman–Crippen LogP) is 4.64. The Labute approximate surface area is 214 Å². The Morgan fingerprint density at radius 3 is 2.19 bits per heavy atom. The Hall–Kier alpha value is -2.93. The van der Waals surface area contributed by atoms with Gasteiger partial charge in [0.15, 0.2) is 5.82 Å². The van der Waals surface area contributed by atoms with E-state index in [9.17, 15) is 0 Å². The van der Waals surface area contributed by atoms with Gasteiger partial charge in [-0.25, -0.2) is 4.68 Å². The van der Waals surface area contributed by atoms with Gasteiger partial charge >= 0.3 is 0 Å². The van der Waals surface area contributed by atoms with Crippen molar-refractivity contribution in [1.82, 2.24) is 29.8 Å². The number of fused-ring (bicyclic) bond motifs is 1. The number of anilines is 1. The second-order valence-corrected chi connectivity index (χ2v) is 11.0. The number of piperidine rings is 2. The lowest BCUT2D eigenvalue weighted by Crippen LogP contribution is -2.50. The topological polar surface area (TPSA) is 53.3 Å². The second kappa shape index (κ2) is 9.51. The summed E-state index contributed by atoms with van der Waals surface area (Å²) in [6.45, 7) is 17.7. The first-order valence-electron chi connectivity index (χ1n) is 13.7. The Morgan fingerprint density at radius 2 is 1.56 bits per heavy atom. The van der Waals surface area contributed by atoms with E-state index in [0.29, 0.717) is 5.92 Å². The molecule has 0 aliphatic carbocycles. The van der Waals surface area contributed by atoms with Gasteiger partial charge in [-0.2, -0.15) is 10.2 Å². The Morgan fingerprint density at radius 1 is 0.861 bits per heavy atom. The Balaban J connectivity index is 1.16. The molecule has 190 valence electrons. The van der Waals surface area contributed by atoms with E-state index in [2.05, 4.69) is 69.6 Å². The van der Waals surface area contributed by atoms with Crippen molar-refractivity contribution in [3.05, 3.63) is 53.5 Å². The lowest BCUT2D eigenvalue weighted by atomic mass is 9.91. The van der Waals surface area contributed by atoms with Crippen LogP contribution in [0, 0.1) is 26.7 Å². The van der Waals surface area contributed by atoms with E-state index >= 15 is 0 Å². The quantitative estimate of drug-likeness (QED) is 0.525. The van der Waals surface area contributed by atoms with Crippen LogP contribution >= 0.6 is 0 Å². The van der Waals surface area contributed by atoms with Crippen molar-refractivity contribution >= 4 is 16.7 Å². The van der Waals surface area contributed by atoms with Gasteiger partial charge < -0.3 is 14.7 Å². The number of aryl methyl sites for hydroxylation is 3. The van der Waals surface area contributed by atoms with Gasteiger partial charge in [-0.3, -0.25) is 0 Å². The molecular formula is C29H39N7. The molecule has 2 aromatic heterocycles. The lowest BCUT2D eigenvalue weighted by molar-refractivity contribution is 0.0690. The van der Waals surface area contributed by atoms with Gasteiger partial charge in [0.25, 0.3) is 0 Å². The normalized spacial score (nSPS) is 20.2. The van der Waals surface area contributed by atoms with Crippen molar-refractivity contribution in [3.8, 4) is 5.69 Å². The highest BCUT2D eigenvalue weighted by atomic mass is 15.3. The molecule has 3 aliphatic rings. The van der Waals surface area contributed by atoms with E-state index in [1.807, 2.05) is 11.6 Å². The van der Waals surface area contributed by atoms with Crippen molar-refractivity contribution in [3.63, 3.8) is 0 Å². The average molecular weight is 486 g/mol. The highest BCUT2D eigenvalue weighted by Gasteiger charge is 2.31. The fraction of sp³-hybridized carbons (Fsp3) is 0.552. The molecule has 0 radical (unpaired) electrons. The van der Waals surface area contributed by atoms with Gasteiger partial charge in [0.1, 0.15) is 5.52 Å². The van der Waals surface area contributed by atoms with Crippen LogP contribution in [-0.4, -0.2) is 75.1 Å². The number of benzene rings is 1. The zero-order valence-electron chi connectivity index (χ0n) is 22.1. The Bertz CT molecular complexity index is 1240. The molecule has 0 atom stereocenters. The molecule has 7 heteroatoms. The molecule has 7 nitrogen and oxygen atoms in total. The van der Waals surface area contributed by atoms with Crippen LogP contribution in [0.2, 0.25) is 0 Å². The van der Waals surface area contributed by atoms with Crippen LogP contribution in [0.4, 0.5) is 5.82 Å². The molecule has 3 fully saturated rings. The molecule has 0 bridgehead atoms. The van der Waals surface area contributed by atoms with Crippen LogP contribution in [0.15, 0.2) is 36.5 Å². The average Bonchev–Trinajstić information content (AvgIpc) is 3.22. The number of hydrogen-bond donors (Lipinski definition) is 0. The second-order valence-electron chi connectivity index (χ2n) is 11.0. The summed E-state index contributed by atoms with van der Waals surface area (Å²) in [7, 11) is 0. The van der Waals surface area contributed by atoms with Crippen LogP contribution in [0.5, 0.6) is 0 Å². The van der Waals surface area contributed by atoms with Crippen LogP contribution in [0.1, 0.15) is 49.1 Å². The van der Waals surface area contributed by atoms with E-state index < -0.39 is 0 Å². The summed E-state index contributed by atoms with van der Waals surface area (Å²) in [5.41, 5.74) is 6.70. The first-order valence-corrected chi connectivity index (χ1v) is 13.7. The SMILES string of the molecule is C=C(C1CCN(c2nnc(C)c3c(C)n(-c4ccc(C)cc4)nc23)CC1)N1CCC(N2CCC2)CC1. The molecule has 0 spiro atoms. The first-order chi connectivity index (χ1) is 17.5. The molecule has 5 heterocycles. The molecule has 0 saturated carbocycles. The maximum atomic E-state index is 5.05. The molecule has 1 aromatic carbocycles. The fourth-order valence-electron chi connectivity index (χ4n) is 6.37. The number of nitrogens with zero attached hydrogens (tertiary/aromatic N) is 7. The smallest absolute Gasteiger partial charge is 0.179 e. The first kappa shape index (κ1) is 23.5. The lowest BCUT2D eigenvalue weighted by Gasteiger charge is -2.45. The third-order valence-electron chi connectivity index (χ3n) is 8.81. The minimum atomic E-state index is 0.558. The van der Waals surface area contributed by atoms with Crippen molar-refractivity contribution in [2.75, 3.05) is 44.2 Å². The summed E-state index contributed by atoms with van der Waals surface area (Å²) < 4.78 is 2.04. The standard InChI is InChI=1S/C29H39N7/c1-20-6-8-26(9-7-20)36-23(4)27-21(2)30-31-29(28(27)32-36)35-16-10-24(11-17-35)22(3)33-18-12-25(13-19-33)34-14-5-15-34/h6-9,24-25H,3,5,10-19H2,1-2,4H3. The molecule has 0 amide bonds. The summed E-state index contributed by atoms with van der Waals surface area (Å²) in [5.74, 6) is 1.48. The highest BCUT2D eigenvalue weighted by Crippen LogP contribution is 2.34. The summed E-state index contributed by atoms with van der Waals surface area (Å²) in [6.07, 6.45) is 6.18. The fourth-order valence-corrected chi connectivity index (χ4v) is 6.37. The predicted molar refractivity (Wildman–Crippen MR) is 146 cm³/mol. The summed E-state index contributed by atoms with van der Waals surface area (Å²) in [4.78, 5) is 7.64. The van der Waals surface area contributed by atoms with Gasteiger partial charge in [-0.15, -0.1) is 5.10 Å². The van der Waals surface area contributed by atoms with Crippen molar-refractivity contribution in [2.45, 2.75) is 58.9 Å². The van der Waals surface area contributed by atoms with Crippen LogP contribution < -0.4 is 4.90 Å². The minimum absolute atomic E-state index is 0.558. The van der Waals surface area contributed by atoms with Gasteiger partial charge in [0, 0.05) is 43.8 Å².